The highest BCUT2D eigenvalue weighted by Crippen LogP contribution is 2.31. The van der Waals surface area contributed by atoms with Gasteiger partial charge < -0.3 is 10.5 Å². The Kier molecular flexibility index (Phi) is 4.35. The molecule has 0 radical (unpaired) electrons. The van der Waals surface area contributed by atoms with Crippen LogP contribution in [0, 0.1) is 18.6 Å². The third-order valence-electron chi connectivity index (χ3n) is 2.95. The van der Waals surface area contributed by atoms with Crippen LogP contribution in [0.25, 0.3) is 0 Å². The first-order valence-electron chi connectivity index (χ1n) is 6.44. The second kappa shape index (κ2) is 6.01. The van der Waals surface area contributed by atoms with Gasteiger partial charge in [-0.1, -0.05) is 18.2 Å². The van der Waals surface area contributed by atoms with E-state index in [1.54, 1.807) is 25.1 Å². The van der Waals surface area contributed by atoms with Crippen molar-refractivity contribution in [2.24, 2.45) is 5.73 Å². The van der Waals surface area contributed by atoms with E-state index in [2.05, 4.69) is 0 Å². The third kappa shape index (κ3) is 3.33. The van der Waals surface area contributed by atoms with E-state index in [0.717, 1.165) is 5.56 Å². The van der Waals surface area contributed by atoms with E-state index in [4.69, 9.17) is 10.5 Å². The van der Waals surface area contributed by atoms with Crippen LogP contribution >= 0.6 is 0 Å². The highest BCUT2D eigenvalue weighted by molar-refractivity contribution is 5.42. The average molecular weight is 277 g/mol. The summed E-state index contributed by atoms with van der Waals surface area (Å²) >= 11 is 0. The van der Waals surface area contributed by atoms with Crippen LogP contribution in [0.15, 0.2) is 36.4 Å². The van der Waals surface area contributed by atoms with Crippen LogP contribution in [-0.4, -0.2) is 6.04 Å². The van der Waals surface area contributed by atoms with Crippen LogP contribution in [0.4, 0.5) is 8.78 Å². The van der Waals surface area contributed by atoms with E-state index in [9.17, 15) is 8.78 Å². The molecule has 4 heteroatoms. The lowest BCUT2D eigenvalue weighted by molar-refractivity contribution is 0.428. The number of ether oxygens (including phenoxy) is 1. The molecule has 0 bridgehead atoms. The summed E-state index contributed by atoms with van der Waals surface area (Å²) in [5.74, 6) is -0.484. The molecule has 106 valence electrons. The molecule has 20 heavy (non-hydrogen) atoms. The molecule has 0 fully saturated rings. The summed E-state index contributed by atoms with van der Waals surface area (Å²) in [6.07, 6.45) is 0.488. The van der Waals surface area contributed by atoms with Crippen LogP contribution in [-0.2, 0) is 6.42 Å². The largest absolute Gasteiger partial charge is 0.454 e. The first-order valence-corrected chi connectivity index (χ1v) is 6.44. The molecule has 0 saturated heterocycles. The minimum absolute atomic E-state index is 0.110. The fourth-order valence-electron chi connectivity index (χ4n) is 1.97. The number of para-hydroxylation sites is 1. The van der Waals surface area contributed by atoms with Crippen molar-refractivity contribution < 1.29 is 13.5 Å². The Morgan fingerprint density at radius 1 is 1.20 bits per heavy atom. The van der Waals surface area contributed by atoms with Crippen molar-refractivity contribution in [2.45, 2.75) is 26.3 Å². The van der Waals surface area contributed by atoms with E-state index in [1.165, 1.54) is 18.2 Å². The third-order valence-corrected chi connectivity index (χ3v) is 2.95. The lowest BCUT2D eigenvalue weighted by Crippen LogP contribution is -2.18. The van der Waals surface area contributed by atoms with Crippen molar-refractivity contribution in [3.05, 3.63) is 59.2 Å². The SMILES string of the molecule is Cc1ccc(F)cc1Oc1c(F)cccc1CC(C)N. The zero-order valence-corrected chi connectivity index (χ0v) is 11.5. The fourth-order valence-corrected chi connectivity index (χ4v) is 1.97. The highest BCUT2D eigenvalue weighted by Gasteiger charge is 2.13. The molecular weight excluding hydrogens is 260 g/mol. The molecular formula is C16H17F2NO. The molecule has 0 aliphatic rings. The van der Waals surface area contributed by atoms with Gasteiger partial charge >= 0.3 is 0 Å². The van der Waals surface area contributed by atoms with Gasteiger partial charge in [-0.15, -0.1) is 0 Å². The number of benzene rings is 2. The minimum atomic E-state index is -0.480. The molecule has 2 aromatic rings. The molecule has 1 atom stereocenters. The number of hydrogen-bond acceptors (Lipinski definition) is 2. The summed E-state index contributed by atoms with van der Waals surface area (Å²) in [4.78, 5) is 0. The van der Waals surface area contributed by atoms with Gasteiger partial charge in [0.25, 0.3) is 0 Å². The fraction of sp³-hybridized carbons (Fsp3) is 0.250. The monoisotopic (exact) mass is 277 g/mol. The van der Waals surface area contributed by atoms with E-state index in [0.29, 0.717) is 17.7 Å². The van der Waals surface area contributed by atoms with Gasteiger partial charge in [-0.05, 0) is 43.5 Å². The summed E-state index contributed by atoms with van der Waals surface area (Å²) in [7, 11) is 0. The predicted molar refractivity (Wildman–Crippen MR) is 75.0 cm³/mol. The summed E-state index contributed by atoms with van der Waals surface area (Å²) in [6, 6.07) is 8.75. The van der Waals surface area contributed by atoms with Gasteiger partial charge in [0, 0.05) is 12.1 Å². The Balaban J connectivity index is 2.39. The van der Waals surface area contributed by atoms with Gasteiger partial charge in [-0.25, -0.2) is 8.78 Å². The zero-order valence-electron chi connectivity index (χ0n) is 11.5. The van der Waals surface area contributed by atoms with Gasteiger partial charge in [0.15, 0.2) is 11.6 Å². The molecule has 0 aliphatic heterocycles. The molecule has 0 aromatic heterocycles. The smallest absolute Gasteiger partial charge is 0.166 e. The van der Waals surface area contributed by atoms with Crippen LogP contribution < -0.4 is 10.5 Å². The Bertz CT molecular complexity index is 611. The van der Waals surface area contributed by atoms with E-state index in [1.807, 2.05) is 6.92 Å². The number of halogens is 2. The summed E-state index contributed by atoms with van der Waals surface area (Å²) in [5.41, 5.74) is 7.16. The maximum Gasteiger partial charge on any atom is 0.166 e. The van der Waals surface area contributed by atoms with Crippen LogP contribution in [0.5, 0.6) is 11.5 Å². The first kappa shape index (κ1) is 14.5. The average Bonchev–Trinajstić information content (AvgIpc) is 2.37. The van der Waals surface area contributed by atoms with Crippen molar-refractivity contribution >= 4 is 0 Å². The molecule has 0 spiro atoms. The Morgan fingerprint density at radius 2 is 1.95 bits per heavy atom. The summed E-state index contributed by atoms with van der Waals surface area (Å²) < 4.78 is 32.8. The Hall–Kier alpha value is -1.94. The second-order valence-electron chi connectivity index (χ2n) is 4.92. The summed E-state index contributed by atoms with van der Waals surface area (Å²) in [6.45, 7) is 3.61. The maximum atomic E-state index is 14.0. The lowest BCUT2D eigenvalue weighted by Gasteiger charge is -2.15. The van der Waals surface area contributed by atoms with Crippen molar-refractivity contribution in [3.8, 4) is 11.5 Å². The van der Waals surface area contributed by atoms with Crippen LogP contribution in [0.2, 0.25) is 0 Å². The lowest BCUT2D eigenvalue weighted by atomic mass is 10.1. The molecule has 0 amide bonds. The quantitative estimate of drug-likeness (QED) is 0.918. The Morgan fingerprint density at radius 3 is 2.65 bits per heavy atom. The standard InChI is InChI=1S/C16H17F2NO/c1-10-6-7-13(17)9-15(10)20-16-12(8-11(2)19)4-3-5-14(16)18/h3-7,9,11H,8,19H2,1-2H3. The van der Waals surface area contributed by atoms with Crippen LogP contribution in [0.3, 0.4) is 0 Å². The molecule has 0 aliphatic carbocycles. The highest BCUT2D eigenvalue weighted by atomic mass is 19.1. The second-order valence-corrected chi connectivity index (χ2v) is 4.92. The molecule has 0 heterocycles. The number of rotatable bonds is 4. The first-order chi connectivity index (χ1) is 9.47. The van der Waals surface area contributed by atoms with Crippen molar-refractivity contribution in [3.63, 3.8) is 0 Å². The minimum Gasteiger partial charge on any atom is -0.454 e. The molecule has 2 N–H and O–H groups in total. The molecule has 0 saturated carbocycles. The van der Waals surface area contributed by atoms with Gasteiger partial charge in [-0.2, -0.15) is 0 Å². The number of nitrogens with two attached hydrogens (primary N) is 1. The number of aryl methyl sites for hydroxylation is 1. The van der Waals surface area contributed by atoms with Gasteiger partial charge in [0.1, 0.15) is 11.6 Å². The van der Waals surface area contributed by atoms with Gasteiger partial charge in [-0.3, -0.25) is 0 Å². The molecule has 2 nitrogen and oxygen atoms in total. The summed E-state index contributed by atoms with van der Waals surface area (Å²) in [5, 5.41) is 0. The maximum absolute atomic E-state index is 14.0. The van der Waals surface area contributed by atoms with Crippen molar-refractivity contribution in [1.82, 2.24) is 0 Å². The zero-order chi connectivity index (χ0) is 14.7. The van der Waals surface area contributed by atoms with E-state index < -0.39 is 11.6 Å². The Labute approximate surface area is 117 Å². The topological polar surface area (TPSA) is 35.2 Å². The molecule has 2 aromatic carbocycles. The molecule has 1 unspecified atom stereocenters. The van der Waals surface area contributed by atoms with Crippen molar-refractivity contribution in [2.75, 3.05) is 0 Å². The van der Waals surface area contributed by atoms with Gasteiger partial charge in [0.2, 0.25) is 0 Å². The predicted octanol–water partition coefficient (Wildman–Crippen LogP) is 3.96. The van der Waals surface area contributed by atoms with E-state index in [-0.39, 0.29) is 11.8 Å². The number of hydrogen-bond donors (Lipinski definition) is 1. The molecule has 2 rings (SSSR count). The normalized spacial score (nSPS) is 12.2. The van der Waals surface area contributed by atoms with Crippen LogP contribution in [0.1, 0.15) is 18.1 Å². The van der Waals surface area contributed by atoms with Gasteiger partial charge in [0.05, 0.1) is 0 Å². The van der Waals surface area contributed by atoms with E-state index >= 15 is 0 Å². The van der Waals surface area contributed by atoms with Crippen molar-refractivity contribution in [1.29, 1.82) is 0 Å².